The van der Waals surface area contributed by atoms with Crippen molar-refractivity contribution in [3.8, 4) is 6.07 Å². The van der Waals surface area contributed by atoms with Crippen LogP contribution in [0.2, 0.25) is 0 Å². The maximum absolute atomic E-state index is 9.33. The van der Waals surface area contributed by atoms with Gasteiger partial charge in [-0.15, -0.1) is 11.3 Å². The van der Waals surface area contributed by atoms with Crippen LogP contribution in [-0.4, -0.2) is 14.1 Å². The van der Waals surface area contributed by atoms with Gasteiger partial charge in [0.1, 0.15) is 6.07 Å². The second-order valence-corrected chi connectivity index (χ2v) is 6.49. The Morgan fingerprint density at radius 2 is 2.20 bits per heavy atom. The molecule has 1 N–H and O–H groups in total. The van der Waals surface area contributed by atoms with Gasteiger partial charge in [-0.2, -0.15) is 5.26 Å². The van der Waals surface area contributed by atoms with Crippen molar-refractivity contribution in [2.24, 2.45) is 0 Å². The quantitative estimate of drug-likeness (QED) is 0.893. The van der Waals surface area contributed by atoms with Crippen molar-refractivity contribution in [3.05, 3.63) is 50.1 Å². The van der Waals surface area contributed by atoms with Crippen LogP contribution in [0.4, 0.5) is 5.69 Å². The average Bonchev–Trinajstić information content (AvgIpc) is 2.84. The third kappa shape index (κ3) is 3.60. The first-order valence-electron chi connectivity index (χ1n) is 6.25. The first-order chi connectivity index (χ1) is 9.63. The third-order valence-corrected chi connectivity index (χ3v) is 4.67. The summed E-state index contributed by atoms with van der Waals surface area (Å²) in [5.41, 5.74) is 2.81. The normalized spacial score (nSPS) is 10.3. The van der Waals surface area contributed by atoms with E-state index in [2.05, 4.69) is 49.7 Å². The van der Waals surface area contributed by atoms with Gasteiger partial charge in [0.2, 0.25) is 0 Å². The zero-order chi connectivity index (χ0) is 14.5. The van der Waals surface area contributed by atoms with Gasteiger partial charge in [-0.1, -0.05) is 6.07 Å². The number of nitrogens with zero attached hydrogens (tertiary/aromatic N) is 2. The number of hydrogen-bond donors (Lipinski definition) is 1. The first kappa shape index (κ1) is 15.0. The highest BCUT2D eigenvalue weighted by molar-refractivity contribution is 9.10. The molecule has 0 aliphatic carbocycles. The van der Waals surface area contributed by atoms with Crippen molar-refractivity contribution in [1.82, 2.24) is 5.32 Å². The molecule has 2 aromatic rings. The number of nitriles is 1. The van der Waals surface area contributed by atoms with Crippen molar-refractivity contribution >= 4 is 33.0 Å². The van der Waals surface area contributed by atoms with Gasteiger partial charge in [-0.25, -0.2) is 0 Å². The Morgan fingerprint density at radius 3 is 2.80 bits per heavy atom. The second kappa shape index (κ2) is 6.89. The highest BCUT2D eigenvalue weighted by Gasteiger charge is 2.10. The van der Waals surface area contributed by atoms with E-state index in [-0.39, 0.29) is 0 Å². The Labute approximate surface area is 132 Å². The molecule has 1 aromatic carbocycles. The number of anilines is 1. The van der Waals surface area contributed by atoms with Crippen LogP contribution in [0, 0.1) is 11.3 Å². The molecule has 1 aromatic heterocycles. The molecule has 1 heterocycles. The van der Waals surface area contributed by atoms with Crippen molar-refractivity contribution in [2.75, 3.05) is 19.0 Å². The molecule has 0 spiro atoms. The standard InChI is InChI=1S/C15H16BrN3S/c1-18-8-11-3-4-15(12(5-11)7-17)19(2)9-14-6-13(16)10-20-14/h3-6,10,18H,8-9H2,1-2H3. The lowest BCUT2D eigenvalue weighted by Gasteiger charge is -2.20. The van der Waals surface area contributed by atoms with Gasteiger partial charge in [0.25, 0.3) is 0 Å². The summed E-state index contributed by atoms with van der Waals surface area (Å²) < 4.78 is 1.11. The molecule has 104 valence electrons. The zero-order valence-corrected chi connectivity index (χ0v) is 13.9. The van der Waals surface area contributed by atoms with E-state index in [1.165, 1.54) is 4.88 Å². The molecule has 0 radical (unpaired) electrons. The SMILES string of the molecule is CNCc1ccc(N(C)Cc2cc(Br)cs2)c(C#N)c1. The summed E-state index contributed by atoms with van der Waals surface area (Å²) in [5, 5.41) is 14.5. The van der Waals surface area contributed by atoms with Crippen molar-refractivity contribution in [1.29, 1.82) is 5.26 Å². The van der Waals surface area contributed by atoms with E-state index in [0.29, 0.717) is 0 Å². The second-order valence-electron chi connectivity index (χ2n) is 4.58. The molecule has 0 amide bonds. The van der Waals surface area contributed by atoms with Crippen LogP contribution in [-0.2, 0) is 13.1 Å². The summed E-state index contributed by atoms with van der Waals surface area (Å²) in [4.78, 5) is 3.38. The van der Waals surface area contributed by atoms with Gasteiger partial charge in [0, 0.05) is 28.3 Å². The average molecular weight is 350 g/mol. The summed E-state index contributed by atoms with van der Waals surface area (Å²) >= 11 is 5.18. The molecule has 5 heteroatoms. The van der Waals surface area contributed by atoms with Crippen LogP contribution in [0.3, 0.4) is 0 Å². The molecule has 0 fully saturated rings. The summed E-state index contributed by atoms with van der Waals surface area (Å²) in [5.74, 6) is 0. The molecule has 0 unspecified atom stereocenters. The van der Waals surface area contributed by atoms with Crippen LogP contribution in [0.25, 0.3) is 0 Å². The van der Waals surface area contributed by atoms with Gasteiger partial charge in [0.15, 0.2) is 0 Å². The number of nitrogens with one attached hydrogen (secondary N) is 1. The maximum Gasteiger partial charge on any atom is 0.101 e. The fourth-order valence-electron chi connectivity index (χ4n) is 2.08. The number of thiophene rings is 1. The lowest BCUT2D eigenvalue weighted by molar-refractivity contribution is 0.816. The van der Waals surface area contributed by atoms with E-state index < -0.39 is 0 Å². The smallest absolute Gasteiger partial charge is 0.101 e. The van der Waals surface area contributed by atoms with Gasteiger partial charge >= 0.3 is 0 Å². The lowest BCUT2D eigenvalue weighted by atomic mass is 10.1. The monoisotopic (exact) mass is 349 g/mol. The summed E-state index contributed by atoms with van der Waals surface area (Å²) in [6.45, 7) is 1.58. The Hall–Kier alpha value is -1.35. The Morgan fingerprint density at radius 1 is 1.40 bits per heavy atom. The van der Waals surface area contributed by atoms with Crippen LogP contribution in [0.15, 0.2) is 34.1 Å². The van der Waals surface area contributed by atoms with E-state index in [9.17, 15) is 5.26 Å². The van der Waals surface area contributed by atoms with Crippen LogP contribution < -0.4 is 10.2 Å². The van der Waals surface area contributed by atoms with Crippen molar-refractivity contribution in [2.45, 2.75) is 13.1 Å². The number of hydrogen-bond acceptors (Lipinski definition) is 4. The number of halogens is 1. The van der Waals surface area contributed by atoms with Gasteiger partial charge in [-0.05, 0) is 46.7 Å². The van der Waals surface area contributed by atoms with Crippen LogP contribution in [0.5, 0.6) is 0 Å². The molecule has 0 saturated carbocycles. The molecule has 0 bridgehead atoms. The highest BCUT2D eigenvalue weighted by atomic mass is 79.9. The predicted molar refractivity (Wildman–Crippen MR) is 88.0 cm³/mol. The molecule has 0 saturated heterocycles. The first-order valence-corrected chi connectivity index (χ1v) is 7.93. The Bertz CT molecular complexity index is 630. The Balaban J connectivity index is 2.21. The molecular weight excluding hydrogens is 334 g/mol. The van der Waals surface area contributed by atoms with E-state index in [4.69, 9.17) is 0 Å². The van der Waals surface area contributed by atoms with Crippen molar-refractivity contribution in [3.63, 3.8) is 0 Å². The van der Waals surface area contributed by atoms with Gasteiger partial charge in [0.05, 0.1) is 17.8 Å². The molecule has 3 nitrogen and oxygen atoms in total. The predicted octanol–water partition coefficient (Wildman–Crippen LogP) is 3.74. The minimum Gasteiger partial charge on any atom is -0.368 e. The number of rotatable bonds is 5. The summed E-state index contributed by atoms with van der Waals surface area (Å²) in [6, 6.07) is 10.4. The zero-order valence-electron chi connectivity index (χ0n) is 11.5. The molecule has 20 heavy (non-hydrogen) atoms. The lowest BCUT2D eigenvalue weighted by Crippen LogP contribution is -2.17. The molecule has 2 rings (SSSR count). The van der Waals surface area contributed by atoms with E-state index in [0.717, 1.165) is 34.4 Å². The molecule has 0 aliphatic rings. The fraction of sp³-hybridized carbons (Fsp3) is 0.267. The van der Waals surface area contributed by atoms with Gasteiger partial charge < -0.3 is 10.2 Å². The summed E-state index contributed by atoms with van der Waals surface area (Å²) in [6.07, 6.45) is 0. The molecule has 0 atom stereocenters. The Kier molecular flexibility index (Phi) is 5.18. The maximum atomic E-state index is 9.33. The van der Waals surface area contributed by atoms with E-state index >= 15 is 0 Å². The minimum atomic E-state index is 0.718. The topological polar surface area (TPSA) is 39.1 Å². The van der Waals surface area contributed by atoms with Crippen LogP contribution >= 0.6 is 27.3 Å². The van der Waals surface area contributed by atoms with Crippen LogP contribution in [0.1, 0.15) is 16.0 Å². The fourth-order valence-corrected chi connectivity index (χ4v) is 3.58. The largest absolute Gasteiger partial charge is 0.368 e. The molecular formula is C15H16BrN3S. The van der Waals surface area contributed by atoms with E-state index in [1.807, 2.05) is 26.2 Å². The summed E-state index contributed by atoms with van der Waals surface area (Å²) in [7, 11) is 3.92. The third-order valence-electron chi connectivity index (χ3n) is 2.99. The minimum absolute atomic E-state index is 0.718. The molecule has 0 aliphatic heterocycles. The highest BCUT2D eigenvalue weighted by Crippen LogP contribution is 2.25. The van der Waals surface area contributed by atoms with E-state index in [1.54, 1.807) is 11.3 Å². The number of benzene rings is 1. The van der Waals surface area contributed by atoms with Gasteiger partial charge in [-0.3, -0.25) is 0 Å². The van der Waals surface area contributed by atoms with Crippen molar-refractivity contribution < 1.29 is 0 Å².